The largest absolute Gasteiger partial charge is 0.344 e. The summed E-state index contributed by atoms with van der Waals surface area (Å²) in [6.07, 6.45) is 0. The van der Waals surface area contributed by atoms with Gasteiger partial charge in [0.05, 0.1) is 0 Å². The summed E-state index contributed by atoms with van der Waals surface area (Å²) in [7, 11) is 0. The molecule has 0 bridgehead atoms. The maximum Gasteiger partial charge on any atom is 0.106 e. The van der Waals surface area contributed by atoms with Gasteiger partial charge in [-0.15, -0.1) is 11.6 Å². The number of hydrogen-bond donors (Lipinski definition) is 1. The molecule has 0 saturated heterocycles. The molecule has 0 atom stereocenters. The fourth-order valence-electron chi connectivity index (χ4n) is 0. The minimum atomic E-state index is 0. The van der Waals surface area contributed by atoms with Gasteiger partial charge in [0.2, 0.25) is 0 Å². The summed E-state index contributed by atoms with van der Waals surface area (Å²) in [5.74, 6) is 0.722. The summed E-state index contributed by atoms with van der Waals surface area (Å²) >= 11 is 5.00. The van der Waals surface area contributed by atoms with Crippen molar-refractivity contribution in [3.63, 3.8) is 0 Å². The van der Waals surface area contributed by atoms with Crippen molar-refractivity contribution in [1.82, 2.24) is 6.15 Å². The Bertz CT molecular complexity index is 14.8. The second-order valence-electron chi connectivity index (χ2n) is 0.267. The van der Waals surface area contributed by atoms with Gasteiger partial charge < -0.3 is 10.9 Å². The predicted molar refractivity (Wildman–Crippen MR) is 28.5 cm³/mol. The molecule has 0 rings (SSSR count). The van der Waals surface area contributed by atoms with Crippen molar-refractivity contribution in [2.75, 3.05) is 5.88 Å². The van der Waals surface area contributed by atoms with Crippen LogP contribution in [0.1, 0.15) is 6.92 Å². The molecule has 0 heterocycles. The van der Waals surface area contributed by atoms with Crippen molar-refractivity contribution in [3.8, 4) is 0 Å². The summed E-state index contributed by atoms with van der Waals surface area (Å²) in [6, 6.07) is 0. The molecule has 0 aliphatic rings. The lowest BCUT2D eigenvalue weighted by Gasteiger charge is -1.45. The van der Waals surface area contributed by atoms with Crippen LogP contribution in [0.5, 0.6) is 0 Å². The summed E-state index contributed by atoms with van der Waals surface area (Å²) in [5, 5.41) is 0. The summed E-state index contributed by atoms with van der Waals surface area (Å²) in [4.78, 5) is 8.00. The van der Waals surface area contributed by atoms with E-state index in [0.717, 1.165) is 5.88 Å². The Balaban J connectivity index is -0.0000000275. The van der Waals surface area contributed by atoms with E-state index >= 15 is 0 Å². The zero-order chi connectivity index (χ0) is 4.71. The van der Waals surface area contributed by atoms with Gasteiger partial charge >= 0.3 is 0 Å². The standard InChI is InChI=1S/C2H5Cl.CH2O.H3N/c1-2-3;1-2;/h2H2,1H3;1H2;1H3. The zero-order valence-electron chi connectivity index (χ0n) is 3.91. The molecule has 3 N–H and O–H groups in total. The third kappa shape index (κ3) is 5220. The second-order valence-corrected chi connectivity index (χ2v) is 0.802. The zero-order valence-corrected chi connectivity index (χ0v) is 4.66. The van der Waals surface area contributed by atoms with E-state index < -0.39 is 0 Å². The molecule has 0 aromatic carbocycles. The highest BCUT2D eigenvalue weighted by molar-refractivity contribution is 6.17. The maximum absolute atomic E-state index is 8.00. The van der Waals surface area contributed by atoms with E-state index in [0.29, 0.717) is 0 Å². The van der Waals surface area contributed by atoms with Crippen molar-refractivity contribution >= 4 is 18.4 Å². The maximum atomic E-state index is 8.00. The molecule has 0 fully saturated rings. The third-order valence-corrected chi connectivity index (χ3v) is 0. The van der Waals surface area contributed by atoms with Gasteiger partial charge in [-0.1, -0.05) is 6.92 Å². The molecule has 0 spiro atoms. The molecule has 0 aliphatic carbocycles. The fourth-order valence-corrected chi connectivity index (χ4v) is 0. The van der Waals surface area contributed by atoms with Gasteiger partial charge in [0.1, 0.15) is 6.79 Å². The number of halogens is 1. The third-order valence-electron chi connectivity index (χ3n) is 0. The molecule has 0 aromatic heterocycles. The molecular weight excluding hydrogens is 101 g/mol. The van der Waals surface area contributed by atoms with Crippen molar-refractivity contribution in [3.05, 3.63) is 0 Å². The van der Waals surface area contributed by atoms with Crippen LogP contribution in [0.15, 0.2) is 0 Å². The Kier molecular flexibility index (Phi) is 250. The highest BCUT2D eigenvalue weighted by Crippen LogP contribution is 1.59. The minimum absolute atomic E-state index is 0. The summed E-state index contributed by atoms with van der Waals surface area (Å²) in [5.41, 5.74) is 0. The van der Waals surface area contributed by atoms with Crippen molar-refractivity contribution in [1.29, 1.82) is 0 Å². The highest BCUT2D eigenvalue weighted by Gasteiger charge is 1.38. The lowest BCUT2D eigenvalue weighted by atomic mass is 11.0. The first-order valence-electron chi connectivity index (χ1n) is 1.26. The Hall–Kier alpha value is -0.0800. The predicted octanol–water partition coefficient (Wildman–Crippen LogP) is 1.22. The van der Waals surface area contributed by atoms with Crippen LogP contribution in [0.25, 0.3) is 0 Å². The van der Waals surface area contributed by atoms with E-state index in [2.05, 4.69) is 0 Å². The van der Waals surface area contributed by atoms with Gasteiger partial charge in [0.25, 0.3) is 0 Å². The van der Waals surface area contributed by atoms with E-state index in [1.807, 2.05) is 13.7 Å². The minimum Gasteiger partial charge on any atom is -0.344 e. The average Bonchev–Trinajstić information content (AvgIpc) is 1.46. The topological polar surface area (TPSA) is 52.1 Å². The molecule has 2 nitrogen and oxygen atoms in total. The number of alkyl halides is 1. The van der Waals surface area contributed by atoms with Crippen LogP contribution in [-0.2, 0) is 4.79 Å². The number of hydrogen-bond acceptors (Lipinski definition) is 2. The van der Waals surface area contributed by atoms with E-state index in [1.54, 1.807) is 0 Å². The van der Waals surface area contributed by atoms with Crippen molar-refractivity contribution < 1.29 is 4.79 Å². The normalized spacial score (nSPS) is 3.67. The first-order valence-corrected chi connectivity index (χ1v) is 1.80. The van der Waals surface area contributed by atoms with Crippen LogP contribution in [0.2, 0.25) is 0 Å². The summed E-state index contributed by atoms with van der Waals surface area (Å²) in [6.45, 7) is 3.89. The quantitative estimate of drug-likeness (QED) is 0.478. The number of rotatable bonds is 0. The average molecular weight is 112 g/mol. The molecule has 0 unspecified atom stereocenters. The van der Waals surface area contributed by atoms with Gasteiger partial charge in [0.15, 0.2) is 0 Å². The van der Waals surface area contributed by atoms with Crippen LogP contribution in [0, 0.1) is 0 Å². The smallest absolute Gasteiger partial charge is 0.106 e. The second kappa shape index (κ2) is 89.3. The van der Waals surface area contributed by atoms with E-state index in [1.165, 1.54) is 0 Å². The molecule has 0 saturated carbocycles. The molecule has 0 aromatic rings. The van der Waals surface area contributed by atoms with Crippen LogP contribution in [0.4, 0.5) is 0 Å². The monoisotopic (exact) mass is 111 g/mol. The van der Waals surface area contributed by atoms with Gasteiger partial charge in [-0.3, -0.25) is 0 Å². The summed E-state index contributed by atoms with van der Waals surface area (Å²) < 4.78 is 0. The Labute approximate surface area is 43.1 Å². The Morgan fingerprint density at radius 3 is 1.67 bits per heavy atom. The molecule has 0 radical (unpaired) electrons. The first kappa shape index (κ1) is 16.8. The molecule has 3 heteroatoms. The van der Waals surface area contributed by atoms with Gasteiger partial charge in [-0.25, -0.2) is 0 Å². The Morgan fingerprint density at radius 2 is 1.67 bits per heavy atom. The Morgan fingerprint density at radius 1 is 1.67 bits per heavy atom. The number of carbonyl (C=O) groups excluding carboxylic acids is 1. The van der Waals surface area contributed by atoms with Crippen LogP contribution in [-0.4, -0.2) is 12.7 Å². The SMILES string of the molecule is C=O.CCCl.N. The molecular formula is C3H10ClNO. The van der Waals surface area contributed by atoms with Gasteiger partial charge in [-0.05, 0) is 0 Å². The van der Waals surface area contributed by atoms with E-state index in [4.69, 9.17) is 16.4 Å². The first-order chi connectivity index (χ1) is 2.41. The molecule has 0 amide bonds. The van der Waals surface area contributed by atoms with E-state index in [9.17, 15) is 0 Å². The van der Waals surface area contributed by atoms with Gasteiger partial charge in [0, 0.05) is 5.88 Å². The highest BCUT2D eigenvalue weighted by atomic mass is 35.5. The van der Waals surface area contributed by atoms with Gasteiger partial charge in [-0.2, -0.15) is 0 Å². The van der Waals surface area contributed by atoms with Crippen LogP contribution >= 0.6 is 11.6 Å². The van der Waals surface area contributed by atoms with Crippen molar-refractivity contribution in [2.24, 2.45) is 0 Å². The number of carbonyl (C=O) groups is 1. The molecule has 0 aliphatic heterocycles. The lowest BCUT2D eigenvalue weighted by molar-refractivity contribution is -0.0979. The molecule has 40 valence electrons. The van der Waals surface area contributed by atoms with Crippen LogP contribution < -0.4 is 6.15 Å². The fraction of sp³-hybridized carbons (Fsp3) is 0.667. The van der Waals surface area contributed by atoms with Crippen molar-refractivity contribution in [2.45, 2.75) is 6.92 Å². The van der Waals surface area contributed by atoms with Crippen LogP contribution in [0.3, 0.4) is 0 Å². The van der Waals surface area contributed by atoms with E-state index in [-0.39, 0.29) is 6.15 Å². The lowest BCUT2D eigenvalue weighted by Crippen LogP contribution is -1.36. The molecule has 6 heavy (non-hydrogen) atoms.